The largest absolute Gasteiger partial charge is 0.472 e. The Balaban J connectivity index is 2.00. The molecule has 1 saturated heterocycles. The maximum Gasteiger partial charge on any atom is 0.472 e. The van der Waals surface area contributed by atoms with Gasteiger partial charge in [-0.15, -0.1) is 0 Å². The summed E-state index contributed by atoms with van der Waals surface area (Å²) in [6.07, 6.45) is -1.90. The maximum absolute atomic E-state index is 13.9. The number of nitrogens with two attached hydrogens (primary N) is 1. The lowest BCUT2D eigenvalue weighted by Gasteiger charge is -2.34. The number of hydrogen-bond donors (Lipinski definition) is 3. The van der Waals surface area contributed by atoms with Crippen LogP contribution in [0.15, 0.2) is 59.5 Å². The zero-order valence-electron chi connectivity index (χ0n) is 26.7. The summed E-state index contributed by atoms with van der Waals surface area (Å²) in [4.78, 5) is 24.0. The molecule has 1 aliphatic rings. The van der Waals surface area contributed by atoms with Crippen LogP contribution in [0.4, 0.5) is 10.5 Å². The highest BCUT2D eigenvalue weighted by Crippen LogP contribution is 2.45. The first-order valence-electron chi connectivity index (χ1n) is 14.9. The highest BCUT2D eigenvalue weighted by Gasteiger charge is 2.38. The zero-order chi connectivity index (χ0) is 33.3. The van der Waals surface area contributed by atoms with E-state index in [-0.39, 0.29) is 43.5 Å². The van der Waals surface area contributed by atoms with Crippen molar-refractivity contribution in [1.82, 2.24) is 9.62 Å². The summed E-state index contributed by atoms with van der Waals surface area (Å²) in [5.74, 6) is -0.121. The smallest absolute Gasteiger partial charge is 0.444 e. The molecule has 0 saturated carbocycles. The minimum absolute atomic E-state index is 0.00399. The average molecular weight is 672 g/mol. The minimum atomic E-state index is -4.75. The van der Waals surface area contributed by atoms with Gasteiger partial charge in [0.15, 0.2) is 0 Å². The maximum atomic E-state index is 13.9. The zero-order valence-corrected chi connectivity index (χ0v) is 28.4. The third-order valence-electron chi connectivity index (χ3n) is 6.97. The first-order chi connectivity index (χ1) is 21.0. The topological polar surface area (TPSA) is 167 Å². The Morgan fingerprint density at radius 1 is 1.13 bits per heavy atom. The highest BCUT2D eigenvalue weighted by molar-refractivity contribution is 7.89. The quantitative estimate of drug-likeness (QED) is 0.129. The van der Waals surface area contributed by atoms with Gasteiger partial charge in [0.25, 0.3) is 0 Å². The molecule has 4 unspecified atom stereocenters. The third-order valence-corrected chi connectivity index (χ3v) is 9.86. The monoisotopic (exact) mass is 671 g/mol. The molecule has 1 aliphatic heterocycles. The summed E-state index contributed by atoms with van der Waals surface area (Å²) in [7, 11) is -3.16. The van der Waals surface area contributed by atoms with Crippen LogP contribution in [-0.4, -0.2) is 107 Å². The summed E-state index contributed by atoms with van der Waals surface area (Å²) in [6.45, 7) is 4.42. The molecule has 1 amide bonds. The Morgan fingerprint density at radius 3 is 2.38 bits per heavy atom. The van der Waals surface area contributed by atoms with Gasteiger partial charge >= 0.3 is 13.9 Å². The lowest BCUT2D eigenvalue weighted by Crippen LogP contribution is -2.52. The molecule has 1 heterocycles. The number of anilines is 1. The van der Waals surface area contributed by atoms with Gasteiger partial charge in [-0.3, -0.25) is 9.05 Å². The molecule has 2 aromatic carbocycles. The van der Waals surface area contributed by atoms with E-state index in [1.165, 1.54) is 28.6 Å². The highest BCUT2D eigenvalue weighted by atomic mass is 32.2. The summed E-state index contributed by atoms with van der Waals surface area (Å²) >= 11 is 0. The number of amides is 1. The van der Waals surface area contributed by atoms with Gasteiger partial charge in [0.2, 0.25) is 10.0 Å². The number of sulfonamides is 1. The number of nitrogens with zero attached hydrogens (tertiary/aromatic N) is 2. The lowest BCUT2D eigenvalue weighted by atomic mass is 10.0. The van der Waals surface area contributed by atoms with E-state index >= 15 is 0 Å². The minimum Gasteiger partial charge on any atom is -0.444 e. The van der Waals surface area contributed by atoms with Gasteiger partial charge < -0.3 is 29.9 Å². The molecule has 4 atom stereocenters. The molecule has 13 nitrogen and oxygen atoms in total. The van der Waals surface area contributed by atoms with Crippen molar-refractivity contribution in [3.05, 3.63) is 60.2 Å². The van der Waals surface area contributed by atoms with Gasteiger partial charge in [-0.1, -0.05) is 44.2 Å². The molecule has 15 heteroatoms. The van der Waals surface area contributed by atoms with E-state index < -0.39 is 42.2 Å². The van der Waals surface area contributed by atoms with Crippen molar-refractivity contribution in [2.45, 2.75) is 49.8 Å². The number of phosphoric acid groups is 1. The van der Waals surface area contributed by atoms with Crippen LogP contribution in [0.2, 0.25) is 0 Å². The van der Waals surface area contributed by atoms with E-state index in [0.29, 0.717) is 29.7 Å². The van der Waals surface area contributed by atoms with Crippen LogP contribution in [-0.2, 0) is 39.5 Å². The third kappa shape index (κ3) is 12.6. The van der Waals surface area contributed by atoms with Crippen molar-refractivity contribution in [2.75, 3.05) is 66.3 Å². The molecule has 0 spiro atoms. The number of benzene rings is 2. The second-order valence-corrected chi connectivity index (χ2v) is 15.9. The fourth-order valence-electron chi connectivity index (χ4n) is 4.62. The molecule has 252 valence electrons. The molecule has 3 rings (SSSR count). The van der Waals surface area contributed by atoms with Crippen LogP contribution >= 0.6 is 7.82 Å². The van der Waals surface area contributed by atoms with Crippen LogP contribution in [0.1, 0.15) is 25.8 Å². The van der Waals surface area contributed by atoms with E-state index in [4.69, 9.17) is 24.3 Å². The van der Waals surface area contributed by atoms with Crippen LogP contribution in [0.5, 0.6) is 0 Å². The van der Waals surface area contributed by atoms with E-state index in [1.807, 2.05) is 65.3 Å². The van der Waals surface area contributed by atoms with Gasteiger partial charge in [-0.05, 0) is 42.2 Å². The number of hydrogen-bond acceptors (Lipinski definition) is 9. The molecule has 2 aromatic rings. The van der Waals surface area contributed by atoms with Gasteiger partial charge in [-0.25, -0.2) is 17.8 Å². The molecule has 0 aromatic heterocycles. The molecule has 0 radical (unpaired) electrons. The Hall–Kier alpha value is -2.55. The summed E-state index contributed by atoms with van der Waals surface area (Å²) in [6, 6.07) is 13.9. The summed E-state index contributed by atoms with van der Waals surface area (Å²) in [5, 5.41) is 2.78. The van der Waals surface area contributed by atoms with Crippen molar-refractivity contribution < 1.29 is 45.7 Å². The first kappa shape index (κ1) is 36.9. The van der Waals surface area contributed by atoms with Crippen LogP contribution in [0.25, 0.3) is 0 Å². The number of nitrogen functional groups attached to an aromatic ring is 1. The number of carbonyl (C=O) groups excluding carboxylic acids is 1. The van der Waals surface area contributed by atoms with Gasteiger partial charge in [-0.2, -0.15) is 4.31 Å². The number of alkyl carbamates (subject to hydrolysis) is 1. The molecule has 1 fully saturated rings. The number of rotatable bonds is 17. The standard InChI is InChI=1S/C30H47N4O9PS/c1-23(2)20-33(45(38,39)27-13-11-25(31)12-14-27)21-29(43-44(36,37)41-18-16-34(3,4)5)28(19-24-9-7-6-8-10-24)32-30(35)42-26-15-17-40-22-26/h6-14,23,26,28-29H,15-22,31H2,1-5H3,(H-,32,35,36,37)/p+1. The van der Waals surface area contributed by atoms with Crippen molar-refractivity contribution in [3.63, 3.8) is 0 Å². The number of carbonyl (C=O) groups is 1. The predicted octanol–water partition coefficient (Wildman–Crippen LogP) is 3.25. The summed E-state index contributed by atoms with van der Waals surface area (Å²) in [5.41, 5.74) is 6.97. The molecule has 0 bridgehead atoms. The molecule has 45 heavy (non-hydrogen) atoms. The Morgan fingerprint density at radius 2 is 1.80 bits per heavy atom. The number of nitrogens with one attached hydrogen (secondary N) is 1. The molecule has 4 N–H and O–H groups in total. The average Bonchev–Trinajstić information content (AvgIpc) is 3.44. The number of quaternary nitrogens is 1. The molecular weight excluding hydrogens is 623 g/mol. The first-order valence-corrected chi connectivity index (χ1v) is 17.9. The predicted molar refractivity (Wildman–Crippen MR) is 171 cm³/mol. The SMILES string of the molecule is CC(C)CN(CC(OP(=O)(O)OCC[N+](C)(C)C)C(Cc1ccccc1)NC(=O)OC1CCOC1)S(=O)(=O)c1ccc(N)cc1. The Kier molecular flexibility index (Phi) is 13.4. The van der Waals surface area contributed by atoms with Gasteiger partial charge in [0.1, 0.15) is 25.4 Å². The van der Waals surface area contributed by atoms with Crippen molar-refractivity contribution >= 4 is 29.6 Å². The number of likely N-dealkylation sites (N-methyl/N-ethyl adjacent to an activating group) is 1. The number of ether oxygens (including phenoxy) is 2. The second kappa shape index (κ2) is 16.3. The molecule has 0 aliphatic carbocycles. The van der Waals surface area contributed by atoms with Crippen LogP contribution in [0, 0.1) is 5.92 Å². The Bertz CT molecular complexity index is 1370. The number of phosphoric ester groups is 1. The van der Waals surface area contributed by atoms with Crippen molar-refractivity contribution in [2.24, 2.45) is 5.92 Å². The second-order valence-electron chi connectivity index (χ2n) is 12.6. The Labute approximate surface area is 266 Å². The van der Waals surface area contributed by atoms with E-state index in [9.17, 15) is 22.7 Å². The van der Waals surface area contributed by atoms with E-state index in [1.54, 1.807) is 0 Å². The lowest BCUT2D eigenvalue weighted by molar-refractivity contribution is -0.870. The fourth-order valence-corrected chi connectivity index (χ4v) is 7.16. The van der Waals surface area contributed by atoms with E-state index in [2.05, 4.69) is 5.32 Å². The van der Waals surface area contributed by atoms with E-state index in [0.717, 1.165) is 5.56 Å². The van der Waals surface area contributed by atoms with Crippen molar-refractivity contribution in [3.8, 4) is 0 Å². The normalized spacial score (nSPS) is 18.4. The van der Waals surface area contributed by atoms with Crippen molar-refractivity contribution in [1.29, 1.82) is 0 Å². The fraction of sp³-hybridized carbons (Fsp3) is 0.567. The van der Waals surface area contributed by atoms with Crippen LogP contribution < -0.4 is 11.1 Å². The molecular formula is C30H48N4O9PS+. The van der Waals surface area contributed by atoms with Gasteiger partial charge in [0.05, 0.1) is 45.3 Å². The summed E-state index contributed by atoms with van der Waals surface area (Å²) < 4.78 is 64.8. The van der Waals surface area contributed by atoms with Crippen LogP contribution in [0.3, 0.4) is 0 Å². The van der Waals surface area contributed by atoms with Gasteiger partial charge in [0, 0.05) is 25.2 Å².